The second-order valence-corrected chi connectivity index (χ2v) is 12.5. The summed E-state index contributed by atoms with van der Waals surface area (Å²) in [6.45, 7) is 1.19. The highest BCUT2D eigenvalue weighted by atomic mass is 35.5. The molecule has 1 aliphatic heterocycles. The molecule has 180 valence electrons. The lowest BCUT2D eigenvalue weighted by Gasteiger charge is -2.42. The van der Waals surface area contributed by atoms with Gasteiger partial charge in [-0.25, -0.2) is 13.1 Å². The molecule has 33 heavy (non-hydrogen) atoms. The van der Waals surface area contributed by atoms with Gasteiger partial charge < -0.3 is 4.90 Å². The van der Waals surface area contributed by atoms with Crippen molar-refractivity contribution in [3.63, 3.8) is 0 Å². The highest BCUT2D eigenvalue weighted by Crippen LogP contribution is 2.40. The minimum absolute atomic E-state index is 0.0889. The van der Waals surface area contributed by atoms with E-state index in [4.69, 9.17) is 34.8 Å². The van der Waals surface area contributed by atoms with E-state index in [0.29, 0.717) is 27.5 Å². The molecule has 2 aromatic carbocycles. The highest BCUT2D eigenvalue weighted by Gasteiger charge is 2.32. The van der Waals surface area contributed by atoms with E-state index in [2.05, 4.69) is 9.62 Å². The van der Waals surface area contributed by atoms with Crippen LogP contribution in [0, 0.1) is 11.8 Å². The molecule has 2 atom stereocenters. The topological polar surface area (TPSA) is 49.4 Å². The quantitative estimate of drug-likeness (QED) is 0.416. The maximum atomic E-state index is 12.7. The van der Waals surface area contributed by atoms with Gasteiger partial charge in [-0.15, -0.1) is 0 Å². The van der Waals surface area contributed by atoms with Crippen molar-refractivity contribution < 1.29 is 8.42 Å². The molecule has 0 bridgehead atoms. The van der Waals surface area contributed by atoms with Crippen LogP contribution in [0.1, 0.15) is 56.6 Å². The number of nitrogens with one attached hydrogen (secondary N) is 1. The first-order valence-electron chi connectivity index (χ1n) is 11.8. The summed E-state index contributed by atoms with van der Waals surface area (Å²) in [6, 6.07) is 13.5. The summed E-state index contributed by atoms with van der Waals surface area (Å²) < 4.78 is 28.4. The lowest BCUT2D eigenvalue weighted by molar-refractivity contribution is 0.356. The summed E-state index contributed by atoms with van der Waals surface area (Å²) in [5.74, 6) is 0.762. The lowest BCUT2D eigenvalue weighted by Crippen LogP contribution is -2.43. The minimum atomic E-state index is -3.27. The van der Waals surface area contributed by atoms with Crippen molar-refractivity contribution in [2.45, 2.75) is 51.0 Å². The van der Waals surface area contributed by atoms with Gasteiger partial charge in [-0.3, -0.25) is 0 Å². The first kappa shape index (κ1) is 25.1. The van der Waals surface area contributed by atoms with Crippen LogP contribution in [0.25, 0.3) is 0 Å². The fourth-order valence-electron chi connectivity index (χ4n) is 5.19. The van der Waals surface area contributed by atoms with E-state index in [-0.39, 0.29) is 17.7 Å². The Morgan fingerprint density at radius 3 is 2.24 bits per heavy atom. The van der Waals surface area contributed by atoms with Crippen molar-refractivity contribution in [1.29, 1.82) is 0 Å². The van der Waals surface area contributed by atoms with Crippen LogP contribution in [-0.4, -0.2) is 27.3 Å². The largest absolute Gasteiger partial charge is 0.364 e. The van der Waals surface area contributed by atoms with Gasteiger partial charge in [0.05, 0.1) is 11.8 Å². The summed E-state index contributed by atoms with van der Waals surface area (Å²) in [6.07, 6.45) is 7.36. The van der Waals surface area contributed by atoms with Crippen LogP contribution in [0.4, 0.5) is 5.69 Å². The summed E-state index contributed by atoms with van der Waals surface area (Å²) in [5, 5.41) is 1.95. The Kier molecular flexibility index (Phi) is 8.51. The maximum absolute atomic E-state index is 12.7. The van der Waals surface area contributed by atoms with E-state index in [9.17, 15) is 8.42 Å². The minimum Gasteiger partial charge on any atom is -0.364 e. The fourth-order valence-corrected chi connectivity index (χ4v) is 7.42. The van der Waals surface area contributed by atoms with E-state index < -0.39 is 10.0 Å². The third-order valence-electron chi connectivity index (χ3n) is 6.93. The van der Waals surface area contributed by atoms with Gasteiger partial charge in [-0.2, -0.15) is 0 Å². The van der Waals surface area contributed by atoms with Gasteiger partial charge in [0.25, 0.3) is 0 Å². The summed E-state index contributed by atoms with van der Waals surface area (Å²) in [4.78, 5) is 2.31. The molecule has 0 radical (unpaired) electrons. The van der Waals surface area contributed by atoms with Crippen molar-refractivity contribution >= 4 is 50.5 Å². The molecule has 1 aliphatic carbocycles. The van der Waals surface area contributed by atoms with Gasteiger partial charge in [0.1, 0.15) is 0 Å². The first-order chi connectivity index (χ1) is 15.8. The molecule has 0 aromatic heterocycles. The number of hydrogen-bond donors (Lipinski definition) is 1. The molecule has 1 saturated heterocycles. The first-order valence-corrected chi connectivity index (χ1v) is 14.5. The molecule has 2 fully saturated rings. The van der Waals surface area contributed by atoms with Crippen molar-refractivity contribution in [2.24, 2.45) is 11.8 Å². The number of piperidine rings is 1. The Hall–Kier alpha value is -0.980. The maximum Gasteiger partial charge on any atom is 0.211 e. The zero-order chi connectivity index (χ0) is 23.4. The molecular formula is C25H31Cl3N2O2S. The summed E-state index contributed by atoms with van der Waals surface area (Å²) in [5.41, 5.74) is 2.08. The van der Waals surface area contributed by atoms with Crippen molar-refractivity contribution in [3.8, 4) is 0 Å². The molecule has 2 aliphatic rings. The number of benzene rings is 2. The van der Waals surface area contributed by atoms with Crippen LogP contribution < -0.4 is 9.62 Å². The number of hydrogen-bond acceptors (Lipinski definition) is 3. The van der Waals surface area contributed by atoms with Crippen LogP contribution in [0.3, 0.4) is 0 Å². The molecule has 0 spiro atoms. The number of anilines is 1. The lowest BCUT2D eigenvalue weighted by atomic mass is 9.88. The molecule has 1 saturated carbocycles. The average Bonchev–Trinajstić information content (AvgIpc) is 2.79. The van der Waals surface area contributed by atoms with Gasteiger partial charge in [0.2, 0.25) is 10.0 Å². The Bertz CT molecular complexity index is 1040. The predicted octanol–water partition coefficient (Wildman–Crippen LogP) is 7.10. The highest BCUT2D eigenvalue weighted by molar-refractivity contribution is 7.89. The van der Waals surface area contributed by atoms with Crippen LogP contribution in [-0.2, 0) is 10.0 Å². The molecule has 0 amide bonds. The molecular weight excluding hydrogens is 499 g/mol. The third kappa shape index (κ3) is 6.79. The number of sulfonamides is 1. The zero-order valence-corrected chi connectivity index (χ0v) is 21.7. The predicted molar refractivity (Wildman–Crippen MR) is 139 cm³/mol. The molecule has 1 N–H and O–H groups in total. The standard InChI is InChI=1S/C25H31Cl3N2O2S/c26-20-7-10-22(11-8-20)30-16-19(6-13-25(30)23-12-9-21(27)14-24(23)28)15-29-33(31,32)17-18-4-2-1-3-5-18/h7-12,14,18-19,25,29H,1-6,13,15-17H2/t19-,25-/m0/s1. The van der Waals surface area contributed by atoms with Gasteiger partial charge >= 0.3 is 0 Å². The Morgan fingerprint density at radius 1 is 0.848 bits per heavy atom. The van der Waals surface area contributed by atoms with Crippen LogP contribution in [0.15, 0.2) is 42.5 Å². The van der Waals surface area contributed by atoms with E-state index >= 15 is 0 Å². The monoisotopic (exact) mass is 528 g/mol. The van der Waals surface area contributed by atoms with E-state index in [1.165, 1.54) is 6.42 Å². The molecule has 0 unspecified atom stereocenters. The molecule has 4 rings (SSSR count). The van der Waals surface area contributed by atoms with E-state index in [1.54, 1.807) is 6.07 Å². The smallest absolute Gasteiger partial charge is 0.211 e. The third-order valence-corrected chi connectivity index (χ3v) is 9.26. The number of nitrogens with zero attached hydrogens (tertiary/aromatic N) is 1. The molecule has 8 heteroatoms. The van der Waals surface area contributed by atoms with Gasteiger partial charge in [0.15, 0.2) is 0 Å². The summed E-state index contributed by atoms with van der Waals surface area (Å²) in [7, 11) is -3.27. The SMILES string of the molecule is O=S(=O)(CC1CCCCC1)NC[C@@H]1CC[C@@H](c2ccc(Cl)cc2Cl)N(c2ccc(Cl)cc2)C1. The van der Waals surface area contributed by atoms with Crippen LogP contribution >= 0.6 is 34.8 Å². The Labute approximate surface area is 212 Å². The summed E-state index contributed by atoms with van der Waals surface area (Å²) >= 11 is 18.8. The van der Waals surface area contributed by atoms with E-state index in [0.717, 1.165) is 56.3 Å². The molecule has 1 heterocycles. The second-order valence-electron chi connectivity index (χ2n) is 9.39. The van der Waals surface area contributed by atoms with Crippen LogP contribution in [0.5, 0.6) is 0 Å². The van der Waals surface area contributed by atoms with Crippen LogP contribution in [0.2, 0.25) is 15.1 Å². The molecule has 2 aromatic rings. The van der Waals surface area contributed by atoms with Crippen molar-refractivity contribution in [3.05, 3.63) is 63.1 Å². The van der Waals surface area contributed by atoms with Crippen molar-refractivity contribution in [1.82, 2.24) is 4.72 Å². The van der Waals surface area contributed by atoms with Gasteiger partial charge in [-0.05, 0) is 79.5 Å². The Balaban J connectivity index is 1.47. The second kappa shape index (κ2) is 11.2. The Morgan fingerprint density at radius 2 is 1.55 bits per heavy atom. The van der Waals surface area contributed by atoms with Gasteiger partial charge in [0, 0.05) is 33.8 Å². The van der Waals surface area contributed by atoms with E-state index in [1.807, 2.05) is 36.4 Å². The van der Waals surface area contributed by atoms with Crippen molar-refractivity contribution in [2.75, 3.05) is 23.7 Å². The zero-order valence-electron chi connectivity index (χ0n) is 18.7. The number of rotatable bonds is 7. The average molecular weight is 530 g/mol. The number of halogens is 3. The van der Waals surface area contributed by atoms with Gasteiger partial charge in [-0.1, -0.05) is 60.1 Å². The normalized spacial score (nSPS) is 22.5. The molecule has 4 nitrogen and oxygen atoms in total. The fraction of sp³-hybridized carbons (Fsp3) is 0.520.